The number of piperidine rings is 1. The van der Waals surface area contributed by atoms with E-state index in [4.69, 9.17) is 9.15 Å². The molecule has 0 aliphatic carbocycles. The van der Waals surface area contributed by atoms with Crippen LogP contribution in [-0.2, 0) is 9.53 Å². The van der Waals surface area contributed by atoms with E-state index in [1.807, 2.05) is 4.90 Å². The molecule has 2 heterocycles. The minimum absolute atomic E-state index is 0.0402. The van der Waals surface area contributed by atoms with E-state index in [2.05, 4.69) is 5.32 Å². The molecule has 116 valence electrons. The molecule has 1 atom stereocenters. The molecule has 1 unspecified atom stereocenters. The number of amides is 2. The fraction of sp³-hybridized carbons (Fsp3) is 0.600. The van der Waals surface area contributed by atoms with Crippen LogP contribution in [0.1, 0.15) is 30.1 Å². The highest BCUT2D eigenvalue weighted by Crippen LogP contribution is 2.17. The maximum Gasteiger partial charge on any atom is 0.254 e. The van der Waals surface area contributed by atoms with Crippen molar-refractivity contribution in [2.45, 2.75) is 25.9 Å². The number of rotatable bonds is 5. The summed E-state index contributed by atoms with van der Waals surface area (Å²) < 4.78 is 9.94. The summed E-state index contributed by atoms with van der Waals surface area (Å²) in [4.78, 5) is 25.6. The van der Waals surface area contributed by atoms with Gasteiger partial charge in [-0.15, -0.1) is 0 Å². The van der Waals surface area contributed by atoms with E-state index in [-0.39, 0.29) is 17.9 Å². The van der Waals surface area contributed by atoms with Crippen LogP contribution in [0.3, 0.4) is 0 Å². The number of furan rings is 1. The van der Waals surface area contributed by atoms with E-state index < -0.39 is 0 Å². The van der Waals surface area contributed by atoms with E-state index in [1.54, 1.807) is 20.1 Å². The average molecular weight is 294 g/mol. The molecule has 1 saturated heterocycles. The van der Waals surface area contributed by atoms with Crippen molar-refractivity contribution in [1.82, 2.24) is 10.2 Å². The Morgan fingerprint density at radius 2 is 2.19 bits per heavy atom. The highest BCUT2D eigenvalue weighted by Gasteiger charge is 2.26. The molecule has 0 bridgehead atoms. The molecule has 1 aliphatic rings. The van der Waals surface area contributed by atoms with Gasteiger partial charge in [-0.3, -0.25) is 9.59 Å². The molecule has 1 aliphatic heterocycles. The SMILES string of the molecule is COC(C)C(=O)N1CCC(CNC(=O)c2ccoc2)CC1. The van der Waals surface area contributed by atoms with E-state index in [0.717, 1.165) is 25.9 Å². The highest BCUT2D eigenvalue weighted by atomic mass is 16.5. The first kappa shape index (κ1) is 15.6. The number of ether oxygens (including phenoxy) is 1. The molecule has 6 heteroatoms. The summed E-state index contributed by atoms with van der Waals surface area (Å²) in [5.41, 5.74) is 0.538. The Kier molecular flexibility index (Phi) is 5.38. The van der Waals surface area contributed by atoms with Crippen LogP contribution >= 0.6 is 0 Å². The van der Waals surface area contributed by atoms with Gasteiger partial charge < -0.3 is 19.4 Å². The molecule has 0 spiro atoms. The van der Waals surface area contributed by atoms with Crippen LogP contribution in [0, 0.1) is 5.92 Å². The molecule has 1 N–H and O–H groups in total. The molecule has 0 aromatic carbocycles. The molecule has 2 rings (SSSR count). The topological polar surface area (TPSA) is 71.8 Å². The Bertz CT molecular complexity index is 464. The van der Waals surface area contributed by atoms with Crippen molar-refractivity contribution in [1.29, 1.82) is 0 Å². The summed E-state index contributed by atoms with van der Waals surface area (Å²) in [7, 11) is 1.54. The number of carbonyl (C=O) groups excluding carboxylic acids is 2. The third-order valence-corrected chi connectivity index (χ3v) is 3.96. The number of nitrogens with zero attached hydrogens (tertiary/aromatic N) is 1. The lowest BCUT2D eigenvalue weighted by Crippen LogP contribution is -2.45. The first-order valence-electron chi connectivity index (χ1n) is 7.23. The summed E-state index contributed by atoms with van der Waals surface area (Å²) in [5.74, 6) is 0.330. The first-order chi connectivity index (χ1) is 10.1. The second-order valence-electron chi connectivity index (χ2n) is 5.37. The Morgan fingerprint density at radius 3 is 2.76 bits per heavy atom. The predicted octanol–water partition coefficient (Wildman–Crippen LogP) is 1.28. The number of methoxy groups -OCH3 is 1. The van der Waals surface area contributed by atoms with Crippen LogP contribution in [0.25, 0.3) is 0 Å². The maximum atomic E-state index is 12.0. The van der Waals surface area contributed by atoms with Crippen molar-refractivity contribution < 1.29 is 18.7 Å². The number of nitrogens with one attached hydrogen (secondary N) is 1. The van der Waals surface area contributed by atoms with Crippen molar-refractivity contribution in [2.24, 2.45) is 5.92 Å². The molecular formula is C15H22N2O4. The first-order valence-corrected chi connectivity index (χ1v) is 7.23. The van der Waals surface area contributed by atoms with Crippen molar-refractivity contribution >= 4 is 11.8 Å². The molecule has 1 aromatic rings. The molecule has 0 saturated carbocycles. The zero-order valence-electron chi connectivity index (χ0n) is 12.5. The normalized spacial score (nSPS) is 17.5. The van der Waals surface area contributed by atoms with E-state index >= 15 is 0 Å². The van der Waals surface area contributed by atoms with Gasteiger partial charge in [0.2, 0.25) is 0 Å². The fourth-order valence-corrected chi connectivity index (χ4v) is 2.45. The zero-order valence-corrected chi connectivity index (χ0v) is 12.5. The Balaban J connectivity index is 1.72. The van der Waals surface area contributed by atoms with Gasteiger partial charge in [0.05, 0.1) is 11.8 Å². The van der Waals surface area contributed by atoms with Crippen molar-refractivity contribution in [3.8, 4) is 0 Å². The van der Waals surface area contributed by atoms with Gasteiger partial charge in [0.15, 0.2) is 0 Å². The van der Waals surface area contributed by atoms with Gasteiger partial charge in [-0.2, -0.15) is 0 Å². The number of carbonyl (C=O) groups is 2. The molecule has 0 radical (unpaired) electrons. The minimum atomic E-state index is -0.387. The van der Waals surface area contributed by atoms with Crippen LogP contribution in [0.5, 0.6) is 0 Å². The smallest absolute Gasteiger partial charge is 0.254 e. The van der Waals surface area contributed by atoms with Crippen LogP contribution in [-0.4, -0.2) is 49.6 Å². The van der Waals surface area contributed by atoms with E-state index in [0.29, 0.717) is 18.0 Å². The Labute approximate surface area is 124 Å². The molecule has 1 aromatic heterocycles. The summed E-state index contributed by atoms with van der Waals surface area (Å²) in [6, 6.07) is 1.64. The van der Waals surface area contributed by atoms with Gasteiger partial charge in [0, 0.05) is 26.7 Å². The second-order valence-corrected chi connectivity index (χ2v) is 5.37. The standard InChI is InChI=1S/C15H22N2O4/c1-11(20-2)15(19)17-6-3-12(4-7-17)9-16-14(18)13-5-8-21-10-13/h5,8,10-12H,3-4,6-7,9H2,1-2H3,(H,16,18). The van der Waals surface area contributed by atoms with Crippen molar-refractivity contribution in [2.75, 3.05) is 26.7 Å². The third-order valence-electron chi connectivity index (χ3n) is 3.96. The van der Waals surface area contributed by atoms with Gasteiger partial charge in [-0.05, 0) is 31.7 Å². The Morgan fingerprint density at radius 1 is 1.48 bits per heavy atom. The summed E-state index contributed by atoms with van der Waals surface area (Å²) in [6.45, 7) is 3.84. The van der Waals surface area contributed by atoms with Gasteiger partial charge >= 0.3 is 0 Å². The molecule has 2 amide bonds. The molecule has 21 heavy (non-hydrogen) atoms. The number of likely N-dealkylation sites (tertiary alicyclic amines) is 1. The molecular weight excluding hydrogens is 272 g/mol. The van der Waals surface area contributed by atoms with Crippen LogP contribution in [0.4, 0.5) is 0 Å². The number of hydrogen-bond acceptors (Lipinski definition) is 4. The lowest BCUT2D eigenvalue weighted by molar-refractivity contribution is -0.142. The van der Waals surface area contributed by atoms with E-state index in [1.165, 1.54) is 12.5 Å². The molecule has 1 fully saturated rings. The predicted molar refractivity (Wildman–Crippen MR) is 76.8 cm³/mol. The summed E-state index contributed by atoms with van der Waals surface area (Å²) >= 11 is 0. The van der Waals surface area contributed by atoms with E-state index in [9.17, 15) is 9.59 Å². The monoisotopic (exact) mass is 294 g/mol. The zero-order chi connectivity index (χ0) is 15.2. The van der Waals surface area contributed by atoms with Gasteiger partial charge in [-0.25, -0.2) is 0 Å². The Hall–Kier alpha value is -1.82. The quantitative estimate of drug-likeness (QED) is 0.888. The lowest BCUT2D eigenvalue weighted by atomic mass is 9.96. The third kappa shape index (κ3) is 4.07. The van der Waals surface area contributed by atoms with Crippen LogP contribution in [0.2, 0.25) is 0 Å². The van der Waals surface area contributed by atoms with Crippen LogP contribution in [0.15, 0.2) is 23.0 Å². The highest BCUT2D eigenvalue weighted by molar-refractivity contribution is 5.93. The largest absolute Gasteiger partial charge is 0.472 e. The maximum absolute atomic E-state index is 12.0. The average Bonchev–Trinajstić information content (AvgIpc) is 3.06. The summed E-state index contributed by atoms with van der Waals surface area (Å²) in [6.07, 6.45) is 4.32. The second kappa shape index (κ2) is 7.26. The van der Waals surface area contributed by atoms with Crippen molar-refractivity contribution in [3.63, 3.8) is 0 Å². The minimum Gasteiger partial charge on any atom is -0.472 e. The van der Waals surface area contributed by atoms with Crippen LogP contribution < -0.4 is 5.32 Å². The van der Waals surface area contributed by atoms with Gasteiger partial charge in [-0.1, -0.05) is 0 Å². The lowest BCUT2D eigenvalue weighted by Gasteiger charge is -2.33. The van der Waals surface area contributed by atoms with Gasteiger partial charge in [0.1, 0.15) is 12.4 Å². The number of hydrogen-bond donors (Lipinski definition) is 1. The summed E-state index contributed by atoms with van der Waals surface area (Å²) in [5, 5.41) is 2.91. The van der Waals surface area contributed by atoms with Crippen molar-refractivity contribution in [3.05, 3.63) is 24.2 Å². The molecule has 6 nitrogen and oxygen atoms in total. The van der Waals surface area contributed by atoms with Gasteiger partial charge in [0.25, 0.3) is 11.8 Å². The fourth-order valence-electron chi connectivity index (χ4n) is 2.45.